The number of hydrazine groups is 1. The molecule has 16 heavy (non-hydrogen) atoms. The van der Waals surface area contributed by atoms with Crippen molar-refractivity contribution in [2.45, 2.75) is 20.3 Å². The monoisotopic (exact) mass is 237 g/mol. The molecule has 4 heteroatoms. The maximum atomic E-state index is 5.42. The number of benzene rings is 1. The number of anilines is 1. The summed E-state index contributed by atoms with van der Waals surface area (Å²) in [6.45, 7) is 4.13. The summed E-state index contributed by atoms with van der Waals surface area (Å²) in [5.74, 6) is 6.17. The summed E-state index contributed by atoms with van der Waals surface area (Å²) in [5, 5.41) is 1.17. The third kappa shape index (κ3) is 2.10. The molecule has 1 aromatic carbocycles. The van der Waals surface area contributed by atoms with Crippen LogP contribution in [0, 0.1) is 6.92 Å². The van der Waals surface area contributed by atoms with Crippen LogP contribution in [0.5, 0.6) is 0 Å². The van der Waals surface area contributed by atoms with E-state index in [-0.39, 0.29) is 12.4 Å². The van der Waals surface area contributed by atoms with Crippen molar-refractivity contribution >= 4 is 29.1 Å². The zero-order chi connectivity index (χ0) is 10.8. The molecule has 0 aliphatic rings. The van der Waals surface area contributed by atoms with Crippen molar-refractivity contribution in [1.82, 2.24) is 4.98 Å². The number of rotatable bonds is 2. The van der Waals surface area contributed by atoms with Crippen LogP contribution < -0.4 is 11.3 Å². The van der Waals surface area contributed by atoms with Crippen molar-refractivity contribution in [3.05, 3.63) is 35.4 Å². The predicted octanol–water partition coefficient (Wildman–Crippen LogP) is 2.81. The number of hydrogen-bond acceptors (Lipinski definition) is 3. The summed E-state index contributed by atoms with van der Waals surface area (Å²) in [7, 11) is 0. The topological polar surface area (TPSA) is 50.9 Å². The largest absolute Gasteiger partial charge is 0.308 e. The highest BCUT2D eigenvalue weighted by atomic mass is 35.5. The fraction of sp³-hybridized carbons (Fsp3) is 0.250. The first-order valence-electron chi connectivity index (χ1n) is 5.12. The van der Waals surface area contributed by atoms with Crippen LogP contribution in [-0.4, -0.2) is 4.98 Å². The number of nitrogens with zero attached hydrogens (tertiary/aromatic N) is 1. The molecule has 0 saturated heterocycles. The first-order chi connectivity index (χ1) is 7.26. The van der Waals surface area contributed by atoms with Crippen LogP contribution in [-0.2, 0) is 6.42 Å². The highest BCUT2D eigenvalue weighted by molar-refractivity contribution is 5.85. The van der Waals surface area contributed by atoms with E-state index in [0.29, 0.717) is 0 Å². The minimum atomic E-state index is 0. The van der Waals surface area contributed by atoms with Gasteiger partial charge in [0.1, 0.15) is 5.82 Å². The van der Waals surface area contributed by atoms with Gasteiger partial charge in [0.05, 0.1) is 5.52 Å². The molecular formula is C12H16ClN3. The lowest BCUT2D eigenvalue weighted by molar-refractivity contribution is 1.14. The summed E-state index contributed by atoms with van der Waals surface area (Å²) < 4.78 is 0. The number of fused-ring (bicyclic) bond motifs is 1. The molecule has 0 radical (unpaired) electrons. The van der Waals surface area contributed by atoms with E-state index >= 15 is 0 Å². The Labute approximate surface area is 101 Å². The molecule has 0 spiro atoms. The minimum Gasteiger partial charge on any atom is -0.308 e. The summed E-state index contributed by atoms with van der Waals surface area (Å²) >= 11 is 0. The molecule has 2 rings (SSSR count). The molecule has 0 aliphatic carbocycles. The van der Waals surface area contributed by atoms with Crippen LogP contribution in [0.4, 0.5) is 5.82 Å². The maximum absolute atomic E-state index is 5.42. The Bertz CT molecular complexity index is 497. The SMILES string of the molecule is CCc1cccc2cc(C)c(NN)nc12.Cl. The molecule has 3 N–H and O–H groups in total. The second kappa shape index (κ2) is 5.14. The number of nitrogens with two attached hydrogens (primary N) is 1. The highest BCUT2D eigenvalue weighted by Crippen LogP contribution is 2.22. The number of aromatic nitrogens is 1. The molecule has 0 amide bonds. The molecule has 1 heterocycles. The summed E-state index contributed by atoms with van der Waals surface area (Å²) in [6, 6.07) is 8.36. The molecule has 3 nitrogen and oxygen atoms in total. The van der Waals surface area contributed by atoms with Gasteiger partial charge in [-0.2, -0.15) is 0 Å². The van der Waals surface area contributed by atoms with E-state index in [0.717, 1.165) is 23.3 Å². The molecule has 86 valence electrons. The van der Waals surface area contributed by atoms with E-state index in [1.807, 2.05) is 6.92 Å². The van der Waals surface area contributed by atoms with Crippen molar-refractivity contribution < 1.29 is 0 Å². The number of aryl methyl sites for hydroxylation is 2. The lowest BCUT2D eigenvalue weighted by Gasteiger charge is -2.08. The van der Waals surface area contributed by atoms with Gasteiger partial charge < -0.3 is 5.43 Å². The van der Waals surface area contributed by atoms with Crippen molar-refractivity contribution in [1.29, 1.82) is 0 Å². The van der Waals surface area contributed by atoms with Gasteiger partial charge in [-0.1, -0.05) is 25.1 Å². The lowest BCUT2D eigenvalue weighted by atomic mass is 10.1. The number of nitrogen functional groups attached to an aromatic ring is 1. The zero-order valence-corrected chi connectivity index (χ0v) is 10.3. The average molecular weight is 238 g/mol. The summed E-state index contributed by atoms with van der Waals surface area (Å²) in [4.78, 5) is 4.53. The number of nitrogens with one attached hydrogen (secondary N) is 1. The van der Waals surface area contributed by atoms with Gasteiger partial charge in [-0.05, 0) is 30.5 Å². The van der Waals surface area contributed by atoms with Gasteiger partial charge in [-0.25, -0.2) is 10.8 Å². The number of halogens is 1. The van der Waals surface area contributed by atoms with Gasteiger partial charge in [0, 0.05) is 5.39 Å². The van der Waals surface area contributed by atoms with Gasteiger partial charge in [0.15, 0.2) is 0 Å². The number of para-hydroxylation sites is 1. The van der Waals surface area contributed by atoms with Crippen molar-refractivity contribution in [2.24, 2.45) is 5.84 Å². The number of hydrogen-bond donors (Lipinski definition) is 2. The maximum Gasteiger partial charge on any atom is 0.143 e. The van der Waals surface area contributed by atoms with Crippen LogP contribution >= 0.6 is 12.4 Å². The molecule has 2 aromatic rings. The van der Waals surface area contributed by atoms with Gasteiger partial charge in [-0.3, -0.25) is 0 Å². The molecule has 0 bridgehead atoms. The lowest BCUT2D eigenvalue weighted by Crippen LogP contribution is -2.10. The average Bonchev–Trinajstić information content (AvgIpc) is 2.27. The van der Waals surface area contributed by atoms with Gasteiger partial charge >= 0.3 is 0 Å². The third-order valence-electron chi connectivity index (χ3n) is 2.64. The number of pyridine rings is 1. The van der Waals surface area contributed by atoms with Gasteiger partial charge in [0.25, 0.3) is 0 Å². The Morgan fingerprint density at radius 3 is 2.75 bits per heavy atom. The quantitative estimate of drug-likeness (QED) is 0.624. The van der Waals surface area contributed by atoms with E-state index < -0.39 is 0 Å². The molecular weight excluding hydrogens is 222 g/mol. The normalized spacial score (nSPS) is 9.94. The Morgan fingerprint density at radius 1 is 1.38 bits per heavy atom. The van der Waals surface area contributed by atoms with Crippen LogP contribution in [0.1, 0.15) is 18.1 Å². The van der Waals surface area contributed by atoms with Crippen molar-refractivity contribution in [2.75, 3.05) is 5.43 Å². The molecule has 0 atom stereocenters. The second-order valence-corrected chi connectivity index (χ2v) is 3.64. The summed E-state index contributed by atoms with van der Waals surface area (Å²) in [5.41, 5.74) is 5.99. The van der Waals surface area contributed by atoms with E-state index in [4.69, 9.17) is 5.84 Å². The van der Waals surface area contributed by atoms with E-state index in [1.54, 1.807) is 0 Å². The van der Waals surface area contributed by atoms with E-state index in [2.05, 4.69) is 41.6 Å². The molecule has 0 unspecified atom stereocenters. The minimum absolute atomic E-state index is 0. The highest BCUT2D eigenvalue weighted by Gasteiger charge is 2.04. The Kier molecular flexibility index (Phi) is 4.10. The molecule has 0 fully saturated rings. The van der Waals surface area contributed by atoms with Crippen molar-refractivity contribution in [3.8, 4) is 0 Å². The molecule has 1 aromatic heterocycles. The van der Waals surface area contributed by atoms with Crippen molar-refractivity contribution in [3.63, 3.8) is 0 Å². The molecule has 0 saturated carbocycles. The smallest absolute Gasteiger partial charge is 0.143 e. The van der Waals surface area contributed by atoms with E-state index in [9.17, 15) is 0 Å². The fourth-order valence-electron chi connectivity index (χ4n) is 1.80. The molecule has 0 aliphatic heterocycles. The summed E-state index contributed by atoms with van der Waals surface area (Å²) in [6.07, 6.45) is 0.984. The van der Waals surface area contributed by atoms with Gasteiger partial charge in [-0.15, -0.1) is 12.4 Å². The Hall–Kier alpha value is -1.32. The van der Waals surface area contributed by atoms with Crippen LogP contribution in [0.2, 0.25) is 0 Å². The van der Waals surface area contributed by atoms with Gasteiger partial charge in [0.2, 0.25) is 0 Å². The van der Waals surface area contributed by atoms with E-state index in [1.165, 1.54) is 10.9 Å². The van der Waals surface area contributed by atoms with Crippen LogP contribution in [0.3, 0.4) is 0 Å². The van der Waals surface area contributed by atoms with Crippen LogP contribution in [0.15, 0.2) is 24.3 Å². The zero-order valence-electron chi connectivity index (χ0n) is 9.45. The fourth-order valence-corrected chi connectivity index (χ4v) is 1.80. The Morgan fingerprint density at radius 2 is 2.12 bits per heavy atom. The third-order valence-corrected chi connectivity index (χ3v) is 2.64. The standard InChI is InChI=1S/C12H15N3.ClH/c1-3-9-5-4-6-10-7-8(2)12(15-13)14-11(9)10;/h4-7H,3,13H2,1-2H3,(H,14,15);1H. The second-order valence-electron chi connectivity index (χ2n) is 3.64. The predicted molar refractivity (Wildman–Crippen MR) is 70.9 cm³/mol. The first kappa shape index (κ1) is 12.7. The van der Waals surface area contributed by atoms with Crippen LogP contribution in [0.25, 0.3) is 10.9 Å². The first-order valence-corrected chi connectivity index (χ1v) is 5.12. The Balaban J connectivity index is 0.00000128.